The zero-order valence-electron chi connectivity index (χ0n) is 9.82. The summed E-state index contributed by atoms with van der Waals surface area (Å²) in [6, 6.07) is 11.3. The smallest absolute Gasteiger partial charge is 0.200 e. The van der Waals surface area contributed by atoms with Crippen molar-refractivity contribution in [2.45, 2.75) is 16.7 Å². The fraction of sp³-hybridized carbons (Fsp3) is 0.0769. The van der Waals surface area contributed by atoms with Gasteiger partial charge in [-0.3, -0.25) is 4.40 Å². The van der Waals surface area contributed by atoms with Crippen LogP contribution in [0.4, 0.5) is 0 Å². The Morgan fingerprint density at radius 1 is 1.21 bits per heavy atom. The van der Waals surface area contributed by atoms with E-state index < -0.39 is 0 Å². The number of hydrogen-bond donors (Lipinski definition) is 1. The van der Waals surface area contributed by atoms with Gasteiger partial charge in [0, 0.05) is 16.1 Å². The monoisotopic (exact) mass is 291 g/mol. The van der Waals surface area contributed by atoms with E-state index in [9.17, 15) is 0 Å². The van der Waals surface area contributed by atoms with E-state index in [4.69, 9.17) is 16.7 Å². The highest BCUT2D eigenvalue weighted by molar-refractivity contribution is 7.99. The van der Waals surface area contributed by atoms with E-state index in [1.165, 1.54) is 11.8 Å². The number of aromatic nitrogens is 3. The number of fused-ring (bicyclic) bond motifs is 1. The number of rotatable bonds is 3. The first-order valence-electron chi connectivity index (χ1n) is 5.65. The Balaban J connectivity index is 1.95. The predicted molar refractivity (Wildman–Crippen MR) is 74.5 cm³/mol. The number of hydrogen-bond acceptors (Lipinski definition) is 4. The van der Waals surface area contributed by atoms with Crippen LogP contribution in [0.25, 0.3) is 5.65 Å². The first kappa shape index (κ1) is 12.5. The Morgan fingerprint density at radius 3 is 2.89 bits per heavy atom. The van der Waals surface area contributed by atoms with E-state index >= 15 is 0 Å². The lowest BCUT2D eigenvalue weighted by molar-refractivity contribution is 0.282. The lowest BCUT2D eigenvalue weighted by Crippen LogP contribution is -1.87. The molecule has 0 saturated heterocycles. The van der Waals surface area contributed by atoms with Gasteiger partial charge >= 0.3 is 0 Å². The minimum atomic E-state index is -0.0579. The number of pyridine rings is 1. The average Bonchev–Trinajstić information content (AvgIpc) is 2.83. The van der Waals surface area contributed by atoms with Gasteiger partial charge in [0.15, 0.2) is 10.8 Å². The summed E-state index contributed by atoms with van der Waals surface area (Å²) in [4.78, 5) is 0.959. The molecule has 2 heterocycles. The van der Waals surface area contributed by atoms with Gasteiger partial charge in [-0.2, -0.15) is 0 Å². The van der Waals surface area contributed by atoms with E-state index in [0.29, 0.717) is 5.02 Å². The molecule has 0 unspecified atom stereocenters. The third kappa shape index (κ3) is 2.45. The average molecular weight is 292 g/mol. The summed E-state index contributed by atoms with van der Waals surface area (Å²) in [6.45, 7) is -0.0579. The van der Waals surface area contributed by atoms with Crippen molar-refractivity contribution < 1.29 is 5.11 Å². The van der Waals surface area contributed by atoms with Crippen molar-refractivity contribution in [3.05, 3.63) is 53.2 Å². The highest BCUT2D eigenvalue weighted by Crippen LogP contribution is 2.30. The summed E-state index contributed by atoms with van der Waals surface area (Å²) >= 11 is 7.55. The second-order valence-electron chi connectivity index (χ2n) is 3.92. The first-order chi connectivity index (χ1) is 9.28. The van der Waals surface area contributed by atoms with Gasteiger partial charge in [0.1, 0.15) is 0 Å². The molecule has 96 valence electrons. The highest BCUT2D eigenvalue weighted by atomic mass is 35.5. The Labute approximate surface area is 119 Å². The van der Waals surface area contributed by atoms with Crippen LogP contribution in [-0.4, -0.2) is 19.7 Å². The van der Waals surface area contributed by atoms with Gasteiger partial charge in [-0.15, -0.1) is 10.2 Å². The lowest BCUT2D eigenvalue weighted by Gasteiger charge is -2.04. The zero-order valence-corrected chi connectivity index (χ0v) is 11.4. The highest BCUT2D eigenvalue weighted by Gasteiger charge is 2.08. The van der Waals surface area contributed by atoms with Crippen LogP contribution in [0.1, 0.15) is 5.56 Å². The summed E-state index contributed by atoms with van der Waals surface area (Å²) < 4.78 is 1.92. The van der Waals surface area contributed by atoms with Gasteiger partial charge in [-0.1, -0.05) is 23.7 Å². The quantitative estimate of drug-likeness (QED) is 0.806. The molecule has 3 rings (SSSR count). The van der Waals surface area contributed by atoms with Gasteiger partial charge in [0.2, 0.25) is 0 Å². The van der Waals surface area contributed by atoms with E-state index in [1.54, 1.807) is 0 Å². The van der Waals surface area contributed by atoms with Crippen molar-refractivity contribution in [3.63, 3.8) is 0 Å². The molecule has 0 fully saturated rings. The topological polar surface area (TPSA) is 50.4 Å². The molecule has 0 aliphatic rings. The number of benzene rings is 1. The molecule has 0 aliphatic heterocycles. The molecule has 0 aliphatic carbocycles. The molecule has 0 saturated carbocycles. The number of nitrogens with zero attached hydrogens (tertiary/aromatic N) is 3. The molecular formula is C13H10ClN3OS. The van der Waals surface area contributed by atoms with Crippen LogP contribution in [0.15, 0.2) is 52.6 Å². The van der Waals surface area contributed by atoms with Crippen molar-refractivity contribution >= 4 is 29.0 Å². The lowest BCUT2D eigenvalue weighted by atomic mass is 10.2. The Hall–Kier alpha value is -1.56. The SMILES string of the molecule is OCc1ccc(Sc2nnc3ccccn23)cc1Cl. The van der Waals surface area contributed by atoms with E-state index in [2.05, 4.69) is 10.2 Å². The summed E-state index contributed by atoms with van der Waals surface area (Å²) in [5, 5.41) is 18.7. The van der Waals surface area contributed by atoms with Gasteiger partial charge in [0.05, 0.1) is 6.61 Å². The minimum absolute atomic E-state index is 0.0579. The second-order valence-corrected chi connectivity index (χ2v) is 5.37. The van der Waals surface area contributed by atoms with Crippen LogP contribution in [0.5, 0.6) is 0 Å². The molecule has 0 radical (unpaired) electrons. The fourth-order valence-corrected chi connectivity index (χ4v) is 2.88. The molecule has 1 aromatic carbocycles. The van der Waals surface area contributed by atoms with Gasteiger partial charge < -0.3 is 5.11 Å². The first-order valence-corrected chi connectivity index (χ1v) is 6.84. The van der Waals surface area contributed by atoms with Crippen molar-refractivity contribution in [1.29, 1.82) is 0 Å². The van der Waals surface area contributed by atoms with Gasteiger partial charge in [0.25, 0.3) is 0 Å². The largest absolute Gasteiger partial charge is 0.392 e. The predicted octanol–water partition coefficient (Wildman–Crippen LogP) is 3.03. The van der Waals surface area contributed by atoms with Crippen molar-refractivity contribution in [2.75, 3.05) is 0 Å². The maximum atomic E-state index is 9.09. The van der Waals surface area contributed by atoms with E-state index in [-0.39, 0.29) is 6.61 Å². The molecule has 0 bridgehead atoms. The molecule has 4 nitrogen and oxygen atoms in total. The third-order valence-electron chi connectivity index (χ3n) is 2.69. The van der Waals surface area contributed by atoms with E-state index in [0.717, 1.165) is 21.3 Å². The maximum Gasteiger partial charge on any atom is 0.200 e. The van der Waals surface area contributed by atoms with Crippen LogP contribution >= 0.6 is 23.4 Å². The van der Waals surface area contributed by atoms with E-state index in [1.807, 2.05) is 47.0 Å². The molecule has 3 aromatic rings. The summed E-state index contributed by atoms with van der Waals surface area (Å²) in [5.41, 5.74) is 1.53. The molecule has 0 spiro atoms. The fourth-order valence-electron chi connectivity index (χ4n) is 1.71. The third-order valence-corrected chi connectivity index (χ3v) is 3.99. The van der Waals surface area contributed by atoms with Gasteiger partial charge in [-0.25, -0.2) is 0 Å². The Bertz CT molecular complexity index is 729. The van der Waals surface area contributed by atoms with Crippen molar-refractivity contribution in [2.24, 2.45) is 0 Å². The number of aliphatic hydroxyl groups is 1. The molecule has 19 heavy (non-hydrogen) atoms. The minimum Gasteiger partial charge on any atom is -0.392 e. The zero-order chi connectivity index (χ0) is 13.2. The Morgan fingerprint density at radius 2 is 2.11 bits per heavy atom. The standard InChI is InChI=1S/C13H10ClN3OS/c14-11-7-10(5-4-9(11)8-18)19-13-16-15-12-3-1-2-6-17(12)13/h1-7,18H,8H2. The second kappa shape index (κ2) is 5.21. The van der Waals surface area contributed by atoms with Crippen molar-refractivity contribution in [3.8, 4) is 0 Å². The van der Waals surface area contributed by atoms with Crippen LogP contribution in [0.3, 0.4) is 0 Å². The molecule has 6 heteroatoms. The molecular weight excluding hydrogens is 282 g/mol. The molecule has 0 amide bonds. The summed E-state index contributed by atoms with van der Waals surface area (Å²) in [5.74, 6) is 0. The summed E-state index contributed by atoms with van der Waals surface area (Å²) in [7, 11) is 0. The Kier molecular flexibility index (Phi) is 3.42. The molecule has 1 N–H and O–H groups in total. The molecule has 0 atom stereocenters. The maximum absolute atomic E-state index is 9.09. The van der Waals surface area contributed by atoms with Crippen LogP contribution < -0.4 is 0 Å². The number of halogens is 1. The van der Waals surface area contributed by atoms with Gasteiger partial charge in [-0.05, 0) is 41.6 Å². The normalized spacial score (nSPS) is 11.1. The van der Waals surface area contributed by atoms with Crippen molar-refractivity contribution in [1.82, 2.24) is 14.6 Å². The number of aliphatic hydroxyl groups excluding tert-OH is 1. The van der Waals surface area contributed by atoms with Crippen LogP contribution in [0.2, 0.25) is 5.02 Å². The molecule has 2 aromatic heterocycles. The van der Waals surface area contributed by atoms with Crippen LogP contribution in [0, 0.1) is 0 Å². The summed E-state index contributed by atoms with van der Waals surface area (Å²) in [6.07, 6.45) is 1.92. The van der Waals surface area contributed by atoms with Crippen LogP contribution in [-0.2, 0) is 6.61 Å².